The number of phenolic OH excluding ortho intramolecular Hbond substituents is 1. The van der Waals surface area contributed by atoms with E-state index in [-0.39, 0.29) is 35.5 Å². The third-order valence-electron chi connectivity index (χ3n) is 11.5. The van der Waals surface area contributed by atoms with E-state index in [4.69, 9.17) is 27.9 Å². The molecule has 57 heavy (non-hydrogen) atoms. The lowest BCUT2D eigenvalue weighted by Crippen LogP contribution is -2.53. The number of aromatic nitrogens is 1. The maximum Gasteiger partial charge on any atom is 0.488 e. The average Bonchev–Trinajstić information content (AvgIpc) is 3.56. The molecule has 6 atom stereocenters. The second kappa shape index (κ2) is 13.9. The van der Waals surface area contributed by atoms with Crippen molar-refractivity contribution < 1.29 is 52.2 Å². The molecule has 1 aromatic heterocycles. The first-order chi connectivity index (χ1) is 27.1. The Kier molecular flexibility index (Phi) is 9.38. The van der Waals surface area contributed by atoms with Crippen LogP contribution in [0, 0.1) is 23.7 Å². The quantitative estimate of drug-likeness (QED) is 0.113. The molecule has 292 valence electrons. The van der Waals surface area contributed by atoms with Gasteiger partial charge in [-0.25, -0.2) is 4.98 Å². The predicted octanol–water partition coefficient (Wildman–Crippen LogP) is 4.99. The number of aromatic hydroxyl groups is 1. The number of allylic oxidation sites excluding steroid dienone is 2. The molecule has 4 aromatic rings. The second-order valence-corrected chi connectivity index (χ2v) is 15.2. The highest BCUT2D eigenvalue weighted by Crippen LogP contribution is 2.65. The van der Waals surface area contributed by atoms with Gasteiger partial charge in [0.2, 0.25) is 11.8 Å². The summed E-state index contributed by atoms with van der Waals surface area (Å²) in [5, 5.41) is 30.6. The van der Waals surface area contributed by atoms with Gasteiger partial charge in [0.1, 0.15) is 11.5 Å². The van der Waals surface area contributed by atoms with Gasteiger partial charge < -0.3 is 19.9 Å². The smallest absolute Gasteiger partial charge is 0.488 e. The minimum absolute atomic E-state index is 0.0528. The number of fused-ring (bicyclic) bond motifs is 4. The lowest BCUT2D eigenvalue weighted by Gasteiger charge is -2.50. The Morgan fingerprint density at radius 2 is 1.68 bits per heavy atom. The van der Waals surface area contributed by atoms with Crippen molar-refractivity contribution in [2.75, 3.05) is 17.4 Å². The molecular formula is C39H30BCl2F3N4O8. The number of pyridine rings is 1. The zero-order chi connectivity index (χ0) is 40.7. The first kappa shape index (κ1) is 38.5. The summed E-state index contributed by atoms with van der Waals surface area (Å²) in [6, 6.07) is 16.9. The first-order valence-electron chi connectivity index (χ1n) is 17.6. The van der Waals surface area contributed by atoms with E-state index in [0.717, 1.165) is 4.90 Å². The van der Waals surface area contributed by atoms with Crippen LogP contribution in [0.25, 0.3) is 0 Å². The first-order valence-corrected chi connectivity index (χ1v) is 18.4. The molecular weight excluding hydrogens is 791 g/mol. The molecule has 1 saturated carbocycles. The molecule has 3 fully saturated rings. The number of nitrogens with one attached hydrogen (secondary N) is 1. The van der Waals surface area contributed by atoms with Gasteiger partial charge in [0, 0.05) is 28.8 Å². The van der Waals surface area contributed by atoms with E-state index >= 15 is 4.79 Å². The van der Waals surface area contributed by atoms with Crippen molar-refractivity contribution in [1.82, 2.24) is 9.99 Å². The van der Waals surface area contributed by atoms with Crippen LogP contribution in [0.5, 0.6) is 11.5 Å². The van der Waals surface area contributed by atoms with E-state index in [0.29, 0.717) is 39.0 Å². The van der Waals surface area contributed by atoms with Crippen LogP contribution in [0.2, 0.25) is 10.0 Å². The topological polar surface area (TPSA) is 170 Å². The van der Waals surface area contributed by atoms with Crippen LogP contribution in [-0.2, 0) is 30.8 Å². The lowest BCUT2D eigenvalue weighted by molar-refractivity contribution is -0.139. The normalized spacial score (nSPS) is 25.5. The number of carbonyl (C=O) groups is 4. The summed E-state index contributed by atoms with van der Waals surface area (Å²) in [7, 11) is -0.512. The highest BCUT2D eigenvalue weighted by molar-refractivity contribution is 6.58. The van der Waals surface area contributed by atoms with Crippen molar-refractivity contribution in [3.05, 3.63) is 117 Å². The molecule has 0 radical (unpaired) electrons. The lowest BCUT2D eigenvalue weighted by atomic mass is 9.49. The number of hydrogen-bond donors (Lipinski definition) is 4. The number of nitrogens with zero attached hydrogens (tertiary/aromatic N) is 3. The van der Waals surface area contributed by atoms with E-state index in [1.807, 2.05) is 0 Å². The average molecular weight is 821 g/mol. The van der Waals surface area contributed by atoms with Crippen molar-refractivity contribution in [2.45, 2.75) is 30.4 Å². The van der Waals surface area contributed by atoms with Gasteiger partial charge >= 0.3 is 13.3 Å². The number of hydrogen-bond acceptors (Lipinski definition) is 10. The van der Waals surface area contributed by atoms with Gasteiger partial charge in [0.15, 0.2) is 5.82 Å². The van der Waals surface area contributed by atoms with Crippen molar-refractivity contribution in [1.29, 1.82) is 0 Å². The molecule has 8 rings (SSSR count). The van der Waals surface area contributed by atoms with Crippen LogP contribution in [-0.4, -0.2) is 63.0 Å². The second-order valence-electron chi connectivity index (χ2n) is 14.3. The van der Waals surface area contributed by atoms with E-state index < -0.39 is 88.3 Å². The summed E-state index contributed by atoms with van der Waals surface area (Å²) in [4.78, 5) is 63.7. The van der Waals surface area contributed by atoms with Crippen LogP contribution in [0.4, 0.5) is 24.7 Å². The molecule has 0 spiro atoms. The summed E-state index contributed by atoms with van der Waals surface area (Å²) in [6.07, 6.45) is -2.55. The highest BCUT2D eigenvalue weighted by Gasteiger charge is 2.71. The Morgan fingerprint density at radius 1 is 0.947 bits per heavy atom. The molecule has 18 heteroatoms. The van der Waals surface area contributed by atoms with Gasteiger partial charge in [-0.2, -0.15) is 18.2 Å². The van der Waals surface area contributed by atoms with E-state index in [9.17, 15) is 42.7 Å². The van der Waals surface area contributed by atoms with Crippen molar-refractivity contribution >= 4 is 70.9 Å². The van der Waals surface area contributed by atoms with Crippen molar-refractivity contribution in [2.24, 2.45) is 23.7 Å². The fraction of sp³-hybridized carbons (Fsp3) is 0.256. The number of rotatable bonds is 7. The van der Waals surface area contributed by atoms with Crippen LogP contribution >= 0.6 is 23.2 Å². The summed E-state index contributed by atoms with van der Waals surface area (Å²) in [5.41, 5.74) is 1.01. The Hall–Kier alpha value is -5.42. The maximum absolute atomic E-state index is 15.4. The van der Waals surface area contributed by atoms with Crippen molar-refractivity contribution in [3.63, 3.8) is 0 Å². The van der Waals surface area contributed by atoms with Gasteiger partial charge in [0.25, 0.3) is 11.8 Å². The Bertz CT molecular complexity index is 2400. The minimum Gasteiger partial charge on any atom is -0.508 e. The van der Waals surface area contributed by atoms with Crippen LogP contribution in [0.1, 0.15) is 35.4 Å². The molecule has 4 aliphatic rings. The number of anilines is 2. The number of amides is 4. The molecule has 6 unspecified atom stereocenters. The summed E-state index contributed by atoms with van der Waals surface area (Å²) < 4.78 is 46.3. The number of ether oxygens (including phenoxy) is 1. The van der Waals surface area contributed by atoms with Crippen LogP contribution < -0.4 is 20.5 Å². The molecule has 2 saturated heterocycles. The maximum atomic E-state index is 15.4. The fourth-order valence-electron chi connectivity index (χ4n) is 9.14. The van der Waals surface area contributed by atoms with Gasteiger partial charge in [-0.3, -0.25) is 29.5 Å². The molecule has 3 heterocycles. The fourth-order valence-corrected chi connectivity index (χ4v) is 9.48. The van der Waals surface area contributed by atoms with Crippen molar-refractivity contribution in [3.8, 4) is 11.5 Å². The molecule has 4 amide bonds. The van der Waals surface area contributed by atoms with Crippen LogP contribution in [0.3, 0.4) is 0 Å². The summed E-state index contributed by atoms with van der Waals surface area (Å²) >= 11 is 12.6. The number of carbonyl (C=O) groups excluding carboxylic acids is 4. The van der Waals surface area contributed by atoms with Crippen LogP contribution in [0.15, 0.2) is 90.6 Å². The Balaban J connectivity index is 1.32. The molecule has 4 N–H and O–H groups in total. The number of halogens is 5. The summed E-state index contributed by atoms with van der Waals surface area (Å²) in [6.45, 7) is 0. The largest absolute Gasteiger partial charge is 0.508 e. The zero-order valence-electron chi connectivity index (χ0n) is 29.6. The van der Waals surface area contributed by atoms with Gasteiger partial charge in [0.05, 0.1) is 46.6 Å². The third-order valence-corrected chi connectivity index (χ3v) is 12.1. The number of alkyl halides is 3. The zero-order valence-corrected chi connectivity index (χ0v) is 31.1. The molecule has 2 aliphatic heterocycles. The minimum atomic E-state index is -4.78. The standard InChI is InChI=1S/C39H30BCl2F3N4O8/c1-57-30-15-23(50)9-10-25(30)32-24-11-12-26-31(36(53)48(34(26)51)22-4-2-3-20(14-22)40(55)56)27(24)16-28-35(52)49(37(54)38(28,32)18-5-7-21(41)8-6-18)47-33-29(42)13-19(17-46-33)39(43,44)45/h2-11,13-15,17,26-28,31-32,50,55-56H,12,16H2,1H3,(H,46,47). The Morgan fingerprint density at radius 3 is 2.35 bits per heavy atom. The monoisotopic (exact) mass is 820 g/mol. The predicted molar refractivity (Wildman–Crippen MR) is 200 cm³/mol. The summed E-state index contributed by atoms with van der Waals surface area (Å²) in [5.74, 6) is -8.28. The molecule has 12 nitrogen and oxygen atoms in total. The highest BCUT2D eigenvalue weighted by atomic mass is 35.5. The number of methoxy groups -OCH3 is 1. The van der Waals surface area contributed by atoms with Gasteiger partial charge in [-0.05, 0) is 66.2 Å². The van der Waals surface area contributed by atoms with E-state index in [1.165, 1.54) is 43.5 Å². The molecule has 0 bridgehead atoms. The van der Waals surface area contributed by atoms with Gasteiger partial charge in [-0.15, -0.1) is 0 Å². The molecule has 2 aliphatic carbocycles. The number of imide groups is 2. The third kappa shape index (κ3) is 5.96. The van der Waals surface area contributed by atoms with Gasteiger partial charge in [-0.1, -0.05) is 65.2 Å². The van der Waals surface area contributed by atoms with E-state index in [1.54, 1.807) is 36.4 Å². The SMILES string of the molecule is COc1cc(O)ccc1C1C2=CCC3C(=O)N(c4cccc(B(O)O)c4)C(=O)C3C2CC2C(=O)N(Nc3ncc(C(F)(F)F)cc3Cl)C(=O)C21c1ccc(Cl)cc1. The Labute approximate surface area is 332 Å². The number of phenols is 1. The molecule has 3 aromatic carbocycles. The number of hydrazine groups is 1. The number of benzene rings is 3. The van der Waals surface area contributed by atoms with E-state index in [2.05, 4.69) is 10.4 Å².